The zero-order valence-corrected chi connectivity index (χ0v) is 15.9. The van der Waals surface area contributed by atoms with Crippen molar-refractivity contribution in [3.8, 4) is 11.1 Å². The molecule has 3 nitrogen and oxygen atoms in total. The van der Waals surface area contributed by atoms with Gasteiger partial charge in [-0.05, 0) is 46.5 Å². The SMILES string of the molecule is CS(=O)c1cccc(-c2ccc(C(O)C(N)c3ccc(Cl)cc3)cc2)c1. The van der Waals surface area contributed by atoms with Crippen molar-refractivity contribution in [1.29, 1.82) is 0 Å². The van der Waals surface area contributed by atoms with Crippen molar-refractivity contribution < 1.29 is 9.32 Å². The van der Waals surface area contributed by atoms with E-state index in [1.807, 2.05) is 60.7 Å². The Bertz CT molecular complexity index is 910. The van der Waals surface area contributed by atoms with Crippen molar-refractivity contribution in [3.05, 3.63) is 88.9 Å². The van der Waals surface area contributed by atoms with Crippen LogP contribution in [0.15, 0.2) is 77.7 Å². The average molecular weight is 386 g/mol. The molecule has 0 aliphatic heterocycles. The van der Waals surface area contributed by atoms with Gasteiger partial charge in [0.25, 0.3) is 0 Å². The molecule has 26 heavy (non-hydrogen) atoms. The standard InChI is InChI=1S/C21H20ClNO2S/c1-26(25)19-4-2-3-17(13-19)14-5-7-16(8-6-14)21(24)20(23)15-9-11-18(22)12-10-15/h2-13,20-21,24H,23H2,1H3. The van der Waals surface area contributed by atoms with E-state index in [2.05, 4.69) is 0 Å². The molecule has 0 spiro atoms. The van der Waals surface area contributed by atoms with Gasteiger partial charge >= 0.3 is 0 Å². The molecule has 3 N–H and O–H groups in total. The van der Waals surface area contributed by atoms with Gasteiger partial charge in [0.2, 0.25) is 0 Å². The fraction of sp³-hybridized carbons (Fsp3) is 0.143. The van der Waals surface area contributed by atoms with Crippen LogP contribution in [0.2, 0.25) is 5.02 Å². The smallest absolute Gasteiger partial charge is 0.0982 e. The van der Waals surface area contributed by atoms with Gasteiger partial charge in [-0.15, -0.1) is 0 Å². The molecule has 0 aliphatic carbocycles. The lowest BCUT2D eigenvalue weighted by Crippen LogP contribution is -2.19. The lowest BCUT2D eigenvalue weighted by Gasteiger charge is -2.20. The van der Waals surface area contributed by atoms with E-state index < -0.39 is 22.9 Å². The maximum absolute atomic E-state index is 11.7. The first-order valence-electron chi connectivity index (χ1n) is 8.18. The van der Waals surface area contributed by atoms with E-state index in [1.54, 1.807) is 18.4 Å². The topological polar surface area (TPSA) is 63.3 Å². The van der Waals surface area contributed by atoms with E-state index >= 15 is 0 Å². The van der Waals surface area contributed by atoms with Crippen LogP contribution in [0.1, 0.15) is 23.3 Å². The maximum Gasteiger partial charge on any atom is 0.0982 e. The summed E-state index contributed by atoms with van der Waals surface area (Å²) in [6.45, 7) is 0. The zero-order chi connectivity index (χ0) is 18.7. The second kappa shape index (κ2) is 8.14. The predicted molar refractivity (Wildman–Crippen MR) is 108 cm³/mol. The molecular formula is C21H20ClNO2S. The molecular weight excluding hydrogens is 366 g/mol. The van der Waals surface area contributed by atoms with Crippen molar-refractivity contribution in [2.75, 3.05) is 6.26 Å². The molecule has 0 radical (unpaired) electrons. The van der Waals surface area contributed by atoms with Crippen LogP contribution < -0.4 is 5.73 Å². The minimum Gasteiger partial charge on any atom is -0.386 e. The minimum absolute atomic E-state index is 0.538. The summed E-state index contributed by atoms with van der Waals surface area (Å²) in [4.78, 5) is 0.788. The monoisotopic (exact) mass is 385 g/mol. The summed E-state index contributed by atoms with van der Waals surface area (Å²) in [7, 11) is -1.02. The molecule has 0 aliphatic rings. The molecule has 0 amide bonds. The van der Waals surface area contributed by atoms with Gasteiger partial charge in [-0.25, -0.2) is 0 Å². The Balaban J connectivity index is 1.81. The molecule has 134 valence electrons. The van der Waals surface area contributed by atoms with Crippen molar-refractivity contribution >= 4 is 22.4 Å². The van der Waals surface area contributed by atoms with Crippen LogP contribution in [-0.4, -0.2) is 15.6 Å². The van der Waals surface area contributed by atoms with Crippen LogP contribution in [0.3, 0.4) is 0 Å². The predicted octanol–water partition coefficient (Wildman–Crippen LogP) is 4.48. The number of aliphatic hydroxyl groups is 1. The molecule has 3 atom stereocenters. The number of benzene rings is 3. The highest BCUT2D eigenvalue weighted by Crippen LogP contribution is 2.29. The Morgan fingerprint density at radius 1 is 0.923 bits per heavy atom. The fourth-order valence-electron chi connectivity index (χ4n) is 2.80. The molecule has 0 saturated carbocycles. The Morgan fingerprint density at radius 3 is 2.15 bits per heavy atom. The molecule has 3 aromatic rings. The lowest BCUT2D eigenvalue weighted by atomic mass is 9.95. The number of hydrogen-bond donors (Lipinski definition) is 2. The molecule has 3 aromatic carbocycles. The second-order valence-electron chi connectivity index (χ2n) is 6.13. The molecule has 5 heteroatoms. The van der Waals surface area contributed by atoms with E-state index in [1.165, 1.54) is 0 Å². The van der Waals surface area contributed by atoms with E-state index in [9.17, 15) is 9.32 Å². The molecule has 0 fully saturated rings. The average Bonchev–Trinajstić information content (AvgIpc) is 2.67. The third-order valence-electron chi connectivity index (χ3n) is 4.35. The Morgan fingerprint density at radius 2 is 1.54 bits per heavy atom. The number of nitrogens with two attached hydrogens (primary N) is 1. The van der Waals surface area contributed by atoms with Crippen LogP contribution in [0.5, 0.6) is 0 Å². The van der Waals surface area contributed by atoms with Crippen molar-refractivity contribution in [1.82, 2.24) is 0 Å². The van der Waals surface area contributed by atoms with Crippen LogP contribution in [-0.2, 0) is 10.8 Å². The number of hydrogen-bond acceptors (Lipinski definition) is 3. The summed E-state index contributed by atoms with van der Waals surface area (Å²) in [6.07, 6.45) is 0.844. The van der Waals surface area contributed by atoms with Crippen molar-refractivity contribution in [2.24, 2.45) is 5.73 Å². The first-order chi connectivity index (χ1) is 12.5. The largest absolute Gasteiger partial charge is 0.386 e. The fourth-order valence-corrected chi connectivity index (χ4v) is 3.49. The van der Waals surface area contributed by atoms with Gasteiger partial charge in [-0.1, -0.05) is 60.1 Å². The Kier molecular flexibility index (Phi) is 5.89. The third kappa shape index (κ3) is 4.22. The minimum atomic E-state index is -1.02. The second-order valence-corrected chi connectivity index (χ2v) is 7.94. The van der Waals surface area contributed by atoms with Gasteiger partial charge in [0, 0.05) is 27.0 Å². The quantitative estimate of drug-likeness (QED) is 0.680. The number of aliphatic hydroxyl groups excluding tert-OH is 1. The highest BCUT2D eigenvalue weighted by molar-refractivity contribution is 7.84. The maximum atomic E-state index is 11.7. The summed E-state index contributed by atoms with van der Waals surface area (Å²) in [5, 5.41) is 11.2. The lowest BCUT2D eigenvalue weighted by molar-refractivity contribution is 0.147. The van der Waals surface area contributed by atoms with Crippen LogP contribution in [0.4, 0.5) is 0 Å². The van der Waals surface area contributed by atoms with E-state index in [4.69, 9.17) is 17.3 Å². The molecule has 3 unspecified atom stereocenters. The van der Waals surface area contributed by atoms with E-state index in [0.29, 0.717) is 5.02 Å². The van der Waals surface area contributed by atoms with Gasteiger partial charge in [-0.3, -0.25) is 4.21 Å². The van der Waals surface area contributed by atoms with Crippen molar-refractivity contribution in [2.45, 2.75) is 17.0 Å². The highest BCUT2D eigenvalue weighted by Gasteiger charge is 2.18. The van der Waals surface area contributed by atoms with Crippen LogP contribution >= 0.6 is 11.6 Å². The first kappa shape index (κ1) is 18.8. The van der Waals surface area contributed by atoms with Gasteiger partial charge in [-0.2, -0.15) is 0 Å². The van der Waals surface area contributed by atoms with E-state index in [0.717, 1.165) is 27.1 Å². The summed E-state index contributed by atoms with van der Waals surface area (Å²) in [5.41, 5.74) is 9.74. The first-order valence-corrected chi connectivity index (χ1v) is 10.1. The van der Waals surface area contributed by atoms with Gasteiger partial charge < -0.3 is 10.8 Å². The third-order valence-corrected chi connectivity index (χ3v) is 5.52. The molecule has 0 bridgehead atoms. The van der Waals surface area contributed by atoms with Crippen LogP contribution in [0, 0.1) is 0 Å². The van der Waals surface area contributed by atoms with Gasteiger partial charge in [0.1, 0.15) is 0 Å². The zero-order valence-electron chi connectivity index (χ0n) is 14.3. The Hall–Kier alpha value is -1.98. The highest BCUT2D eigenvalue weighted by atomic mass is 35.5. The summed E-state index contributed by atoms with van der Waals surface area (Å²) < 4.78 is 11.7. The van der Waals surface area contributed by atoms with Crippen LogP contribution in [0.25, 0.3) is 11.1 Å². The molecule has 0 saturated heterocycles. The normalized spacial score (nSPS) is 14.6. The van der Waals surface area contributed by atoms with Gasteiger partial charge in [0.05, 0.1) is 12.1 Å². The van der Waals surface area contributed by atoms with Gasteiger partial charge in [0.15, 0.2) is 0 Å². The molecule has 3 rings (SSSR count). The Labute approximate surface area is 160 Å². The molecule has 0 heterocycles. The summed E-state index contributed by atoms with van der Waals surface area (Å²) >= 11 is 5.90. The summed E-state index contributed by atoms with van der Waals surface area (Å²) in [6, 6.07) is 21.9. The number of halogens is 1. The summed E-state index contributed by atoms with van der Waals surface area (Å²) in [5.74, 6) is 0. The van der Waals surface area contributed by atoms with E-state index in [-0.39, 0.29) is 0 Å². The van der Waals surface area contributed by atoms with Crippen molar-refractivity contribution in [3.63, 3.8) is 0 Å². The number of rotatable bonds is 5. The molecule has 0 aromatic heterocycles.